The van der Waals surface area contributed by atoms with Crippen LogP contribution in [0, 0.1) is 34.6 Å². The lowest BCUT2D eigenvalue weighted by Gasteiger charge is -2.18. The second kappa shape index (κ2) is 5.25. The monoisotopic (exact) mass is 289 g/mol. The first kappa shape index (κ1) is 14.5. The van der Waals surface area contributed by atoms with Gasteiger partial charge in [0.15, 0.2) is 5.13 Å². The van der Waals surface area contributed by atoms with Crippen LogP contribution in [0.3, 0.4) is 0 Å². The number of nitrogens with one attached hydrogen (secondary N) is 1. The van der Waals surface area contributed by atoms with Gasteiger partial charge < -0.3 is 11.1 Å². The summed E-state index contributed by atoms with van der Waals surface area (Å²) in [6.07, 6.45) is 1.51. The molecule has 2 rings (SSSR count). The lowest BCUT2D eigenvalue weighted by Crippen LogP contribution is -2.14. The highest BCUT2D eigenvalue weighted by Gasteiger charge is 2.16. The standard InChI is InChI=1S/C15H19N3OS/c1-7-8(2)10(4)13(11(5)9(7)3)18-14(19)12-6-17-15(16)20-12/h6H,1-5H3,(H2,16,17)(H,18,19). The average molecular weight is 289 g/mol. The van der Waals surface area contributed by atoms with Crippen molar-refractivity contribution in [3.63, 3.8) is 0 Å². The predicted octanol–water partition coefficient (Wildman–Crippen LogP) is 3.52. The van der Waals surface area contributed by atoms with E-state index in [2.05, 4.69) is 31.1 Å². The zero-order valence-corrected chi connectivity index (χ0v) is 13.2. The van der Waals surface area contributed by atoms with Crippen molar-refractivity contribution in [1.29, 1.82) is 0 Å². The third kappa shape index (κ3) is 2.41. The normalized spacial score (nSPS) is 10.7. The minimum atomic E-state index is -0.159. The van der Waals surface area contributed by atoms with Crippen molar-refractivity contribution in [1.82, 2.24) is 4.98 Å². The Morgan fingerprint density at radius 1 is 1.05 bits per heavy atom. The largest absolute Gasteiger partial charge is 0.375 e. The topological polar surface area (TPSA) is 68.0 Å². The average Bonchev–Trinajstić information content (AvgIpc) is 2.85. The first-order valence-electron chi connectivity index (χ1n) is 6.42. The van der Waals surface area contributed by atoms with Gasteiger partial charge in [-0.15, -0.1) is 0 Å². The molecule has 1 aromatic heterocycles. The van der Waals surface area contributed by atoms with E-state index >= 15 is 0 Å². The molecule has 1 aromatic carbocycles. The molecule has 0 spiro atoms. The van der Waals surface area contributed by atoms with Crippen LogP contribution < -0.4 is 11.1 Å². The van der Waals surface area contributed by atoms with Gasteiger partial charge >= 0.3 is 0 Å². The highest BCUT2D eigenvalue weighted by atomic mass is 32.1. The van der Waals surface area contributed by atoms with Gasteiger partial charge in [-0.1, -0.05) is 11.3 Å². The number of nitrogens with zero attached hydrogens (tertiary/aromatic N) is 1. The number of hydrogen-bond acceptors (Lipinski definition) is 4. The Balaban J connectivity index is 2.42. The first-order valence-corrected chi connectivity index (χ1v) is 7.24. The van der Waals surface area contributed by atoms with E-state index in [1.54, 1.807) is 0 Å². The van der Waals surface area contributed by atoms with Gasteiger partial charge in [-0.25, -0.2) is 4.98 Å². The van der Waals surface area contributed by atoms with Crippen molar-refractivity contribution < 1.29 is 4.79 Å². The highest BCUT2D eigenvalue weighted by molar-refractivity contribution is 7.17. The number of rotatable bonds is 2. The summed E-state index contributed by atoms with van der Waals surface area (Å²) in [5.74, 6) is -0.159. The van der Waals surface area contributed by atoms with Crippen LogP contribution >= 0.6 is 11.3 Å². The van der Waals surface area contributed by atoms with Crippen LogP contribution in [-0.2, 0) is 0 Å². The lowest BCUT2D eigenvalue weighted by atomic mass is 9.93. The zero-order chi connectivity index (χ0) is 15.0. The molecule has 1 amide bonds. The van der Waals surface area contributed by atoms with E-state index in [1.165, 1.54) is 34.2 Å². The summed E-state index contributed by atoms with van der Waals surface area (Å²) in [7, 11) is 0. The van der Waals surface area contributed by atoms with Crippen LogP contribution in [0.15, 0.2) is 6.20 Å². The number of thiazole rings is 1. The van der Waals surface area contributed by atoms with Gasteiger partial charge in [-0.05, 0) is 62.4 Å². The molecular formula is C15H19N3OS. The van der Waals surface area contributed by atoms with Crippen LogP contribution in [0.4, 0.5) is 10.8 Å². The van der Waals surface area contributed by atoms with Crippen LogP contribution in [0.2, 0.25) is 0 Å². The molecule has 3 N–H and O–H groups in total. The fourth-order valence-corrected chi connectivity index (χ4v) is 2.84. The van der Waals surface area contributed by atoms with Crippen LogP contribution in [0.5, 0.6) is 0 Å². The van der Waals surface area contributed by atoms with Crippen molar-refractivity contribution in [2.24, 2.45) is 0 Å². The van der Waals surface area contributed by atoms with Crippen LogP contribution in [0.25, 0.3) is 0 Å². The summed E-state index contributed by atoms with van der Waals surface area (Å²) < 4.78 is 0. The third-order valence-corrected chi connectivity index (χ3v) is 4.81. The summed E-state index contributed by atoms with van der Waals surface area (Å²) in [4.78, 5) is 16.7. The van der Waals surface area contributed by atoms with E-state index in [0.29, 0.717) is 10.0 Å². The fraction of sp³-hybridized carbons (Fsp3) is 0.333. The van der Waals surface area contributed by atoms with Gasteiger partial charge in [0.2, 0.25) is 0 Å². The molecule has 0 aliphatic heterocycles. The molecule has 1 heterocycles. The second-order valence-electron chi connectivity index (χ2n) is 5.02. The molecule has 4 nitrogen and oxygen atoms in total. The Morgan fingerprint density at radius 2 is 1.55 bits per heavy atom. The van der Waals surface area contributed by atoms with Crippen molar-refractivity contribution in [3.05, 3.63) is 38.9 Å². The number of aromatic nitrogens is 1. The van der Waals surface area contributed by atoms with E-state index in [-0.39, 0.29) is 5.91 Å². The van der Waals surface area contributed by atoms with Crippen molar-refractivity contribution >= 4 is 28.1 Å². The predicted molar refractivity (Wildman–Crippen MR) is 84.6 cm³/mol. The minimum absolute atomic E-state index is 0.159. The lowest BCUT2D eigenvalue weighted by molar-refractivity contribution is 0.103. The molecule has 0 atom stereocenters. The maximum Gasteiger partial charge on any atom is 0.267 e. The molecule has 0 aliphatic rings. The van der Waals surface area contributed by atoms with Gasteiger partial charge in [0, 0.05) is 5.69 Å². The molecule has 0 fully saturated rings. The highest BCUT2D eigenvalue weighted by Crippen LogP contribution is 2.30. The number of anilines is 2. The van der Waals surface area contributed by atoms with Gasteiger partial charge in [0.25, 0.3) is 5.91 Å². The van der Waals surface area contributed by atoms with E-state index < -0.39 is 0 Å². The van der Waals surface area contributed by atoms with E-state index in [4.69, 9.17) is 5.73 Å². The van der Waals surface area contributed by atoms with Crippen molar-refractivity contribution in [2.75, 3.05) is 11.1 Å². The van der Waals surface area contributed by atoms with Gasteiger partial charge in [0.1, 0.15) is 4.88 Å². The molecule has 0 radical (unpaired) electrons. The number of nitrogens with two attached hydrogens (primary N) is 1. The number of amides is 1. The molecule has 5 heteroatoms. The van der Waals surface area contributed by atoms with Gasteiger partial charge in [-0.2, -0.15) is 0 Å². The van der Waals surface area contributed by atoms with Crippen molar-refractivity contribution in [3.8, 4) is 0 Å². The number of nitrogen functional groups attached to an aromatic ring is 1. The Labute approximate surface area is 123 Å². The summed E-state index contributed by atoms with van der Waals surface area (Å²) >= 11 is 1.19. The van der Waals surface area contributed by atoms with E-state index in [0.717, 1.165) is 16.8 Å². The summed E-state index contributed by atoms with van der Waals surface area (Å²) in [6, 6.07) is 0. The first-order chi connectivity index (χ1) is 9.32. The smallest absolute Gasteiger partial charge is 0.267 e. The zero-order valence-electron chi connectivity index (χ0n) is 12.4. The summed E-state index contributed by atoms with van der Waals surface area (Å²) in [6.45, 7) is 10.3. The third-order valence-electron chi connectivity index (χ3n) is 3.99. The second-order valence-corrected chi connectivity index (χ2v) is 6.08. The quantitative estimate of drug-likeness (QED) is 0.888. The molecule has 106 valence electrons. The molecule has 0 bridgehead atoms. The SMILES string of the molecule is Cc1c(C)c(C)c(NC(=O)c2cnc(N)s2)c(C)c1C. The van der Waals surface area contributed by atoms with Gasteiger partial charge in [0.05, 0.1) is 6.20 Å². The summed E-state index contributed by atoms with van der Waals surface area (Å²) in [5, 5.41) is 3.40. The maximum atomic E-state index is 12.2. The fourth-order valence-electron chi connectivity index (χ4n) is 2.26. The van der Waals surface area contributed by atoms with E-state index in [1.807, 2.05) is 13.8 Å². The molecule has 20 heavy (non-hydrogen) atoms. The van der Waals surface area contributed by atoms with Crippen molar-refractivity contribution in [2.45, 2.75) is 34.6 Å². The summed E-state index contributed by atoms with van der Waals surface area (Å²) in [5.41, 5.74) is 12.4. The molecule has 0 aliphatic carbocycles. The number of carbonyl (C=O) groups is 1. The van der Waals surface area contributed by atoms with Crippen LogP contribution in [0.1, 0.15) is 37.5 Å². The Kier molecular flexibility index (Phi) is 3.81. The molecule has 0 saturated carbocycles. The molecular weight excluding hydrogens is 270 g/mol. The maximum absolute atomic E-state index is 12.2. The Hall–Kier alpha value is -1.88. The van der Waals surface area contributed by atoms with Crippen LogP contribution in [-0.4, -0.2) is 10.9 Å². The number of benzene rings is 1. The molecule has 0 saturated heterocycles. The van der Waals surface area contributed by atoms with E-state index in [9.17, 15) is 4.79 Å². The Morgan fingerprint density at radius 3 is 2.00 bits per heavy atom. The molecule has 2 aromatic rings. The van der Waals surface area contributed by atoms with Gasteiger partial charge in [-0.3, -0.25) is 4.79 Å². The molecule has 0 unspecified atom stereocenters. The Bertz CT molecular complexity index is 660. The number of hydrogen-bond donors (Lipinski definition) is 2. The minimum Gasteiger partial charge on any atom is -0.375 e. The number of carbonyl (C=O) groups excluding carboxylic acids is 1.